The largest absolute Gasteiger partial charge is 0.494 e. The van der Waals surface area contributed by atoms with Crippen molar-refractivity contribution in [1.29, 1.82) is 0 Å². The van der Waals surface area contributed by atoms with Crippen molar-refractivity contribution in [3.63, 3.8) is 0 Å². The van der Waals surface area contributed by atoms with Gasteiger partial charge >= 0.3 is 0 Å². The Morgan fingerprint density at radius 2 is 2.05 bits per heavy atom. The second kappa shape index (κ2) is 8.08. The molecule has 1 N–H and O–H groups in total. The maximum Gasteiger partial charge on any atom is 0.119 e. The third-order valence-electron chi connectivity index (χ3n) is 3.14. The van der Waals surface area contributed by atoms with Crippen LogP contribution in [-0.2, 0) is 0 Å². The molecule has 0 spiro atoms. The topological polar surface area (TPSA) is 21.3 Å². The van der Waals surface area contributed by atoms with E-state index in [2.05, 4.69) is 54.2 Å². The molecule has 0 amide bonds. The second-order valence-corrected chi connectivity index (χ2v) is 5.64. The first-order valence-electron chi connectivity index (χ1n) is 7.33. The maximum atomic E-state index is 5.74. The zero-order valence-corrected chi connectivity index (χ0v) is 13.1. The molecule has 0 aliphatic heterocycles. The lowest BCUT2D eigenvalue weighted by Gasteiger charge is -2.19. The molecule has 0 bridgehead atoms. The number of thiophene rings is 1. The summed E-state index contributed by atoms with van der Waals surface area (Å²) in [6.07, 6.45) is 2.17. The molecule has 0 saturated carbocycles. The zero-order valence-electron chi connectivity index (χ0n) is 12.3. The van der Waals surface area contributed by atoms with Gasteiger partial charge in [0.2, 0.25) is 0 Å². The number of benzene rings is 1. The van der Waals surface area contributed by atoms with Crippen LogP contribution >= 0.6 is 11.3 Å². The van der Waals surface area contributed by atoms with E-state index in [9.17, 15) is 0 Å². The van der Waals surface area contributed by atoms with E-state index in [0.717, 1.165) is 31.7 Å². The zero-order chi connectivity index (χ0) is 14.2. The average Bonchev–Trinajstić information content (AvgIpc) is 3.00. The normalized spacial score (nSPS) is 12.3. The van der Waals surface area contributed by atoms with E-state index in [4.69, 9.17) is 4.74 Å². The van der Waals surface area contributed by atoms with Crippen molar-refractivity contribution in [2.75, 3.05) is 13.2 Å². The highest BCUT2D eigenvalue weighted by molar-refractivity contribution is 7.08. The predicted molar refractivity (Wildman–Crippen MR) is 86.7 cm³/mol. The summed E-state index contributed by atoms with van der Waals surface area (Å²) < 4.78 is 5.74. The molecular weight excluding hydrogens is 266 g/mol. The van der Waals surface area contributed by atoms with Crippen molar-refractivity contribution in [1.82, 2.24) is 5.32 Å². The van der Waals surface area contributed by atoms with Crippen LogP contribution in [0.1, 0.15) is 43.9 Å². The van der Waals surface area contributed by atoms with Crippen LogP contribution in [-0.4, -0.2) is 13.2 Å². The van der Waals surface area contributed by atoms with Crippen LogP contribution in [0.4, 0.5) is 0 Å². The van der Waals surface area contributed by atoms with Gasteiger partial charge in [-0.2, -0.15) is 11.3 Å². The average molecular weight is 289 g/mol. The molecule has 0 aliphatic rings. The summed E-state index contributed by atoms with van der Waals surface area (Å²) in [5.74, 6) is 0.961. The van der Waals surface area contributed by atoms with Gasteiger partial charge in [0.25, 0.3) is 0 Å². The molecule has 2 rings (SSSR count). The standard InChI is InChI=1S/C17H23NOS/c1-3-9-18-17(15-8-11-20-13-15)14-6-5-7-16(12-14)19-10-4-2/h5-8,11-13,17-18H,3-4,9-10H2,1-2H3. The summed E-state index contributed by atoms with van der Waals surface area (Å²) in [5, 5.41) is 7.97. The Kier molecular flexibility index (Phi) is 6.09. The van der Waals surface area contributed by atoms with Crippen molar-refractivity contribution in [2.24, 2.45) is 0 Å². The Morgan fingerprint density at radius 3 is 2.75 bits per heavy atom. The quantitative estimate of drug-likeness (QED) is 0.765. The fourth-order valence-corrected chi connectivity index (χ4v) is 2.85. The Morgan fingerprint density at radius 1 is 1.15 bits per heavy atom. The molecule has 1 atom stereocenters. The molecule has 2 aromatic rings. The highest BCUT2D eigenvalue weighted by Crippen LogP contribution is 2.26. The van der Waals surface area contributed by atoms with Crippen molar-refractivity contribution < 1.29 is 4.74 Å². The van der Waals surface area contributed by atoms with Crippen molar-refractivity contribution in [3.05, 3.63) is 52.2 Å². The SMILES string of the molecule is CCCNC(c1ccsc1)c1cccc(OCCC)c1. The number of hydrogen-bond donors (Lipinski definition) is 1. The molecule has 1 aromatic carbocycles. The van der Waals surface area contributed by atoms with Crippen LogP contribution in [0.2, 0.25) is 0 Å². The third kappa shape index (κ3) is 4.09. The lowest BCUT2D eigenvalue weighted by Crippen LogP contribution is -2.22. The van der Waals surface area contributed by atoms with Gasteiger partial charge in [0.05, 0.1) is 12.6 Å². The minimum absolute atomic E-state index is 0.256. The van der Waals surface area contributed by atoms with Crippen LogP contribution in [0, 0.1) is 0 Å². The Hall–Kier alpha value is -1.32. The molecule has 0 saturated heterocycles. The molecule has 2 nitrogen and oxygen atoms in total. The molecule has 1 aromatic heterocycles. The van der Waals surface area contributed by atoms with E-state index < -0.39 is 0 Å². The first-order valence-corrected chi connectivity index (χ1v) is 8.27. The number of hydrogen-bond acceptors (Lipinski definition) is 3. The van der Waals surface area contributed by atoms with Gasteiger partial charge in [-0.25, -0.2) is 0 Å². The summed E-state index contributed by atoms with van der Waals surface area (Å²) in [4.78, 5) is 0. The van der Waals surface area contributed by atoms with E-state index in [1.165, 1.54) is 11.1 Å². The van der Waals surface area contributed by atoms with E-state index in [1.807, 2.05) is 6.07 Å². The first-order chi connectivity index (χ1) is 9.85. The lowest BCUT2D eigenvalue weighted by atomic mass is 10.0. The van der Waals surface area contributed by atoms with Crippen LogP contribution in [0.3, 0.4) is 0 Å². The molecule has 108 valence electrons. The maximum absolute atomic E-state index is 5.74. The summed E-state index contributed by atoms with van der Waals surface area (Å²) in [5.41, 5.74) is 2.60. The molecular formula is C17H23NOS. The van der Waals surface area contributed by atoms with Crippen LogP contribution in [0.5, 0.6) is 5.75 Å². The number of nitrogens with one attached hydrogen (secondary N) is 1. The second-order valence-electron chi connectivity index (χ2n) is 4.86. The van der Waals surface area contributed by atoms with Crippen LogP contribution in [0.25, 0.3) is 0 Å². The van der Waals surface area contributed by atoms with Crippen molar-refractivity contribution in [2.45, 2.75) is 32.7 Å². The van der Waals surface area contributed by atoms with Crippen LogP contribution < -0.4 is 10.1 Å². The van der Waals surface area contributed by atoms with Gasteiger partial charge in [-0.15, -0.1) is 0 Å². The van der Waals surface area contributed by atoms with Crippen molar-refractivity contribution in [3.8, 4) is 5.75 Å². The number of rotatable bonds is 8. The molecule has 20 heavy (non-hydrogen) atoms. The van der Waals surface area contributed by atoms with Gasteiger partial charge in [-0.05, 0) is 59.5 Å². The molecule has 0 fully saturated rings. The molecule has 0 radical (unpaired) electrons. The lowest BCUT2D eigenvalue weighted by molar-refractivity contribution is 0.317. The van der Waals surface area contributed by atoms with E-state index in [1.54, 1.807) is 11.3 Å². The fourth-order valence-electron chi connectivity index (χ4n) is 2.16. The van der Waals surface area contributed by atoms with Gasteiger partial charge < -0.3 is 10.1 Å². The van der Waals surface area contributed by atoms with Crippen LogP contribution in [0.15, 0.2) is 41.1 Å². The number of ether oxygens (including phenoxy) is 1. The van der Waals surface area contributed by atoms with Crippen molar-refractivity contribution >= 4 is 11.3 Å². The highest BCUT2D eigenvalue weighted by atomic mass is 32.1. The fraction of sp³-hybridized carbons (Fsp3) is 0.412. The van der Waals surface area contributed by atoms with E-state index in [-0.39, 0.29) is 6.04 Å². The Bertz CT molecular complexity index is 495. The highest BCUT2D eigenvalue weighted by Gasteiger charge is 2.14. The molecule has 1 unspecified atom stereocenters. The minimum Gasteiger partial charge on any atom is -0.494 e. The Labute approximate surface area is 125 Å². The van der Waals surface area contributed by atoms with E-state index in [0.29, 0.717) is 0 Å². The van der Waals surface area contributed by atoms with Gasteiger partial charge in [-0.3, -0.25) is 0 Å². The van der Waals surface area contributed by atoms with Gasteiger partial charge in [-0.1, -0.05) is 26.0 Å². The summed E-state index contributed by atoms with van der Waals surface area (Å²) >= 11 is 1.74. The van der Waals surface area contributed by atoms with Gasteiger partial charge in [0.15, 0.2) is 0 Å². The summed E-state index contributed by atoms with van der Waals surface area (Å²) in [7, 11) is 0. The van der Waals surface area contributed by atoms with Gasteiger partial charge in [0.1, 0.15) is 5.75 Å². The minimum atomic E-state index is 0.256. The molecule has 1 heterocycles. The van der Waals surface area contributed by atoms with E-state index >= 15 is 0 Å². The third-order valence-corrected chi connectivity index (χ3v) is 3.84. The van der Waals surface area contributed by atoms with Gasteiger partial charge in [0, 0.05) is 0 Å². The molecule has 3 heteroatoms. The smallest absolute Gasteiger partial charge is 0.119 e. The summed E-state index contributed by atoms with van der Waals surface area (Å²) in [6.45, 7) is 6.11. The molecule has 0 aliphatic carbocycles. The monoisotopic (exact) mass is 289 g/mol. The summed E-state index contributed by atoms with van der Waals surface area (Å²) in [6, 6.07) is 10.9. The Balaban J connectivity index is 2.19. The predicted octanol–water partition coefficient (Wildman–Crippen LogP) is 4.63. The first kappa shape index (κ1) is 15.1.